The van der Waals surface area contributed by atoms with Crippen LogP contribution in [0.15, 0.2) is 54.9 Å². The van der Waals surface area contributed by atoms with Crippen molar-refractivity contribution < 1.29 is 22.0 Å². The topological polar surface area (TPSA) is 119 Å². The van der Waals surface area contributed by atoms with Gasteiger partial charge in [-0.2, -0.15) is 18.0 Å². The molecule has 2 heterocycles. The zero-order valence-corrected chi connectivity index (χ0v) is 21.0. The van der Waals surface area contributed by atoms with Crippen LogP contribution >= 0.6 is 0 Å². The number of nitriles is 1. The molecule has 0 radical (unpaired) electrons. The van der Waals surface area contributed by atoms with Crippen LogP contribution in [0.25, 0.3) is 22.2 Å². The van der Waals surface area contributed by atoms with Gasteiger partial charge in [-0.05, 0) is 35.2 Å². The number of aromatic amines is 1. The lowest BCUT2D eigenvalue weighted by atomic mass is 9.95. The van der Waals surface area contributed by atoms with Crippen molar-refractivity contribution in [1.82, 2.24) is 14.3 Å². The van der Waals surface area contributed by atoms with E-state index in [2.05, 4.69) is 16.0 Å². The van der Waals surface area contributed by atoms with Gasteiger partial charge in [0.15, 0.2) is 5.82 Å². The van der Waals surface area contributed by atoms with E-state index >= 15 is 4.39 Å². The van der Waals surface area contributed by atoms with E-state index in [1.807, 2.05) is 35.9 Å². The molecule has 0 amide bonds. The molecule has 4 aromatic rings. The number of anilines is 1. The van der Waals surface area contributed by atoms with Gasteiger partial charge in [0.05, 0.1) is 17.3 Å². The lowest BCUT2D eigenvalue weighted by Gasteiger charge is -2.15. The second-order valence-corrected chi connectivity index (χ2v) is 10.6. The van der Waals surface area contributed by atoms with Crippen LogP contribution in [0, 0.1) is 23.0 Å². The van der Waals surface area contributed by atoms with E-state index < -0.39 is 38.9 Å². The van der Waals surface area contributed by atoms with Crippen LogP contribution < -0.4 is 4.72 Å². The molecule has 2 N–H and O–H groups in total. The third-order valence-corrected chi connectivity index (χ3v) is 7.46. The number of hydrogen-bond donors (Lipinski definition) is 2. The number of carbonyl (C=O) groups excluding carboxylic acids is 1. The summed E-state index contributed by atoms with van der Waals surface area (Å²) in [5, 5.41) is 9.27. The zero-order valence-electron chi connectivity index (χ0n) is 20.2. The van der Waals surface area contributed by atoms with Gasteiger partial charge in [0.2, 0.25) is 5.78 Å². The second kappa shape index (κ2) is 10.1. The molecule has 4 rings (SSSR count). The van der Waals surface area contributed by atoms with Gasteiger partial charge in [0.25, 0.3) is 0 Å². The Morgan fingerprint density at radius 2 is 1.86 bits per heavy atom. The molecule has 0 aliphatic rings. The zero-order chi connectivity index (χ0) is 26.9. The predicted octanol–water partition coefficient (Wildman–Crippen LogP) is 4.97. The van der Waals surface area contributed by atoms with Gasteiger partial charge in [-0.1, -0.05) is 31.2 Å². The summed E-state index contributed by atoms with van der Waals surface area (Å²) in [4.78, 5) is 20.5. The number of nitrogens with one attached hydrogen (secondary N) is 2. The summed E-state index contributed by atoms with van der Waals surface area (Å²) in [5.74, 6) is -3.34. The first-order valence-corrected chi connectivity index (χ1v) is 12.6. The third-order valence-electron chi connectivity index (χ3n) is 6.02. The Hall–Kier alpha value is -4.14. The van der Waals surface area contributed by atoms with Crippen LogP contribution in [-0.4, -0.2) is 42.6 Å². The number of H-pyrrole nitrogens is 1. The van der Waals surface area contributed by atoms with Crippen molar-refractivity contribution in [3.63, 3.8) is 0 Å². The molecule has 0 bridgehead atoms. The smallest absolute Gasteiger partial charge is 0.301 e. The average Bonchev–Trinajstić information content (AvgIpc) is 3.29. The van der Waals surface area contributed by atoms with E-state index in [0.29, 0.717) is 23.0 Å². The summed E-state index contributed by atoms with van der Waals surface area (Å²) in [6, 6.07) is 13.2. The van der Waals surface area contributed by atoms with Crippen LogP contribution in [-0.2, 0) is 10.2 Å². The summed E-state index contributed by atoms with van der Waals surface area (Å²) in [5.41, 5.74) is 1.37. The summed E-state index contributed by atoms with van der Waals surface area (Å²) in [6.07, 6.45) is 3.32. The second-order valence-electron chi connectivity index (χ2n) is 8.71. The lowest BCUT2D eigenvalue weighted by Crippen LogP contribution is -2.29. The van der Waals surface area contributed by atoms with Gasteiger partial charge >= 0.3 is 10.2 Å². The molecule has 2 aromatic heterocycles. The van der Waals surface area contributed by atoms with E-state index in [4.69, 9.17) is 5.26 Å². The molecule has 0 saturated heterocycles. The minimum Gasteiger partial charge on any atom is -0.345 e. The van der Waals surface area contributed by atoms with E-state index in [0.717, 1.165) is 27.6 Å². The molecule has 0 aliphatic heterocycles. The standard InChI is InChI=1S/C26H23F2N5O3S/c1-15(10-11-29)16-4-6-17(7-5-16)18-12-19-20(14-31-26(19)30-13-18)25(34)23-21(27)8-9-22(24(23)28)32-37(35,36)33(2)3/h4-9,12-15,32H,10H2,1-3H3,(H,30,31). The molecule has 8 nitrogen and oxygen atoms in total. The predicted molar refractivity (Wildman–Crippen MR) is 136 cm³/mol. The maximum atomic E-state index is 15.2. The van der Waals surface area contributed by atoms with E-state index in [1.165, 1.54) is 20.3 Å². The van der Waals surface area contributed by atoms with Crippen LogP contribution in [0.1, 0.15) is 40.7 Å². The highest BCUT2D eigenvalue weighted by molar-refractivity contribution is 7.90. The Balaban J connectivity index is 1.73. The fourth-order valence-corrected chi connectivity index (χ4v) is 4.43. The molecule has 0 fully saturated rings. The minimum atomic E-state index is -4.09. The largest absolute Gasteiger partial charge is 0.345 e. The number of aromatic nitrogens is 2. The normalized spacial score (nSPS) is 12.5. The van der Waals surface area contributed by atoms with Gasteiger partial charge in [-0.15, -0.1) is 0 Å². The van der Waals surface area contributed by atoms with Crippen LogP contribution in [0.4, 0.5) is 14.5 Å². The summed E-state index contributed by atoms with van der Waals surface area (Å²) in [7, 11) is -1.60. The van der Waals surface area contributed by atoms with Crippen molar-refractivity contribution >= 4 is 32.7 Å². The number of halogens is 2. The van der Waals surface area contributed by atoms with Gasteiger partial charge in [0.1, 0.15) is 11.5 Å². The Bertz CT molecular complexity index is 1640. The molecule has 0 saturated carbocycles. The first-order chi connectivity index (χ1) is 17.5. The van der Waals surface area contributed by atoms with Crippen molar-refractivity contribution in [3.8, 4) is 17.2 Å². The first-order valence-electron chi connectivity index (χ1n) is 11.2. The Morgan fingerprint density at radius 3 is 2.51 bits per heavy atom. The average molecular weight is 524 g/mol. The van der Waals surface area contributed by atoms with Crippen LogP contribution in [0.5, 0.6) is 0 Å². The summed E-state index contributed by atoms with van der Waals surface area (Å²) in [6.45, 7) is 1.96. The number of hydrogen-bond acceptors (Lipinski definition) is 5. The number of benzene rings is 2. The van der Waals surface area contributed by atoms with E-state index in [-0.39, 0.29) is 11.5 Å². The lowest BCUT2D eigenvalue weighted by molar-refractivity contribution is 0.103. The molecular weight excluding hydrogens is 500 g/mol. The summed E-state index contributed by atoms with van der Waals surface area (Å²) >= 11 is 0. The number of pyridine rings is 1. The molecule has 1 atom stereocenters. The van der Waals surface area contributed by atoms with Crippen molar-refractivity contribution in [2.45, 2.75) is 19.3 Å². The molecule has 190 valence electrons. The Labute approximate surface area is 212 Å². The van der Waals surface area contributed by atoms with Crippen LogP contribution in [0.2, 0.25) is 0 Å². The highest BCUT2D eigenvalue weighted by Crippen LogP contribution is 2.30. The highest BCUT2D eigenvalue weighted by atomic mass is 32.2. The number of fused-ring (bicyclic) bond motifs is 1. The van der Waals surface area contributed by atoms with Crippen molar-refractivity contribution in [2.24, 2.45) is 0 Å². The number of nitrogens with zero attached hydrogens (tertiary/aromatic N) is 3. The molecule has 2 aromatic carbocycles. The monoisotopic (exact) mass is 523 g/mol. The van der Waals surface area contributed by atoms with E-state index in [9.17, 15) is 17.6 Å². The quantitative estimate of drug-likeness (QED) is 0.316. The van der Waals surface area contributed by atoms with Gasteiger partial charge in [0, 0.05) is 49.4 Å². The SMILES string of the molecule is CC(CC#N)c1ccc(-c2cnc3[nH]cc(C(=O)c4c(F)ccc(NS(=O)(=O)N(C)C)c4F)c3c2)cc1. The number of ketones is 1. The fraction of sp³-hybridized carbons (Fsp3) is 0.192. The van der Waals surface area contributed by atoms with Crippen molar-refractivity contribution in [3.05, 3.63) is 83.2 Å². The Kier molecular flexibility index (Phi) is 7.07. The number of rotatable bonds is 8. The third kappa shape index (κ3) is 5.07. The fourth-order valence-electron chi connectivity index (χ4n) is 3.81. The van der Waals surface area contributed by atoms with Gasteiger partial charge in [-0.3, -0.25) is 9.52 Å². The van der Waals surface area contributed by atoms with Crippen molar-refractivity contribution in [1.29, 1.82) is 5.26 Å². The molecule has 1 unspecified atom stereocenters. The van der Waals surface area contributed by atoms with E-state index in [1.54, 1.807) is 12.3 Å². The molecule has 37 heavy (non-hydrogen) atoms. The first kappa shape index (κ1) is 25.9. The minimum absolute atomic E-state index is 0.0194. The molecule has 0 spiro atoms. The molecule has 11 heteroatoms. The number of carbonyl (C=O) groups is 1. The molecular formula is C26H23F2N5O3S. The van der Waals surface area contributed by atoms with Gasteiger partial charge < -0.3 is 4.98 Å². The van der Waals surface area contributed by atoms with Gasteiger partial charge in [-0.25, -0.2) is 13.8 Å². The summed E-state index contributed by atoms with van der Waals surface area (Å²) < 4.78 is 57.0. The van der Waals surface area contributed by atoms with Crippen LogP contribution in [0.3, 0.4) is 0 Å². The molecule has 0 aliphatic carbocycles. The maximum Gasteiger partial charge on any atom is 0.301 e. The highest BCUT2D eigenvalue weighted by Gasteiger charge is 2.26. The van der Waals surface area contributed by atoms with Crippen molar-refractivity contribution in [2.75, 3.05) is 18.8 Å². The Morgan fingerprint density at radius 1 is 1.16 bits per heavy atom. The maximum absolute atomic E-state index is 15.2.